The normalized spacial score (nSPS) is 31.3. The van der Waals surface area contributed by atoms with Crippen molar-refractivity contribution in [2.24, 2.45) is 5.92 Å². The Bertz CT molecular complexity index is 671. The molecule has 154 valence electrons. The maximum absolute atomic E-state index is 13.0. The first-order valence-corrected chi connectivity index (χ1v) is 11.0. The van der Waals surface area contributed by atoms with Crippen molar-refractivity contribution in [1.29, 1.82) is 0 Å². The Morgan fingerprint density at radius 1 is 1.07 bits per heavy atom. The highest BCUT2D eigenvalue weighted by atomic mass is 16.5. The van der Waals surface area contributed by atoms with Crippen LogP contribution in [0.2, 0.25) is 0 Å². The Balaban J connectivity index is 1.58. The van der Waals surface area contributed by atoms with Crippen molar-refractivity contribution < 1.29 is 14.6 Å². The molecule has 1 amide bonds. The molecule has 0 spiro atoms. The topological polar surface area (TPSA) is 53.0 Å². The fourth-order valence-corrected chi connectivity index (χ4v) is 5.58. The van der Waals surface area contributed by atoms with Gasteiger partial charge in [-0.05, 0) is 56.2 Å². The van der Waals surface area contributed by atoms with E-state index >= 15 is 0 Å². The van der Waals surface area contributed by atoms with Gasteiger partial charge >= 0.3 is 0 Å². The number of likely N-dealkylation sites (tertiary alicyclic amines) is 2. The summed E-state index contributed by atoms with van der Waals surface area (Å²) >= 11 is 0. The van der Waals surface area contributed by atoms with Crippen LogP contribution in [0.4, 0.5) is 0 Å². The lowest BCUT2D eigenvalue weighted by molar-refractivity contribution is -0.145. The van der Waals surface area contributed by atoms with Gasteiger partial charge in [0.05, 0.1) is 19.3 Å². The maximum Gasteiger partial charge on any atom is 0.236 e. The van der Waals surface area contributed by atoms with Crippen molar-refractivity contribution >= 4 is 5.91 Å². The van der Waals surface area contributed by atoms with E-state index in [1.807, 2.05) is 17.0 Å². The number of hydrogen-bond donors (Lipinski definition) is 1. The molecule has 2 heterocycles. The first kappa shape index (κ1) is 19.7. The molecule has 5 nitrogen and oxygen atoms in total. The number of benzene rings is 1. The zero-order valence-corrected chi connectivity index (χ0v) is 17.1. The second-order valence-corrected chi connectivity index (χ2v) is 8.84. The molecule has 1 saturated carbocycles. The van der Waals surface area contributed by atoms with E-state index in [2.05, 4.69) is 17.0 Å². The van der Waals surface area contributed by atoms with Crippen LogP contribution in [-0.2, 0) is 4.79 Å². The largest absolute Gasteiger partial charge is 0.497 e. The number of aliphatic hydroxyl groups is 1. The first-order chi connectivity index (χ1) is 13.6. The van der Waals surface area contributed by atoms with Gasteiger partial charge in [0, 0.05) is 31.6 Å². The Hall–Kier alpha value is -1.59. The van der Waals surface area contributed by atoms with Crippen LogP contribution in [0.1, 0.15) is 63.0 Å². The van der Waals surface area contributed by atoms with Crippen LogP contribution in [0, 0.1) is 5.92 Å². The molecule has 3 aliphatic rings. The van der Waals surface area contributed by atoms with Gasteiger partial charge in [0.1, 0.15) is 5.75 Å². The minimum Gasteiger partial charge on any atom is -0.497 e. The molecule has 28 heavy (non-hydrogen) atoms. The third-order valence-corrected chi connectivity index (χ3v) is 7.18. The van der Waals surface area contributed by atoms with Gasteiger partial charge in [-0.2, -0.15) is 0 Å². The number of amides is 1. The van der Waals surface area contributed by atoms with E-state index in [0.717, 1.165) is 70.3 Å². The van der Waals surface area contributed by atoms with Crippen LogP contribution in [0.25, 0.3) is 0 Å². The second kappa shape index (κ2) is 8.42. The van der Waals surface area contributed by atoms with Crippen LogP contribution >= 0.6 is 0 Å². The number of carbonyl (C=O) groups is 1. The van der Waals surface area contributed by atoms with Gasteiger partial charge in [-0.25, -0.2) is 0 Å². The highest BCUT2D eigenvalue weighted by Gasteiger charge is 2.49. The van der Waals surface area contributed by atoms with Gasteiger partial charge < -0.3 is 14.7 Å². The van der Waals surface area contributed by atoms with Gasteiger partial charge in [0.15, 0.2) is 0 Å². The summed E-state index contributed by atoms with van der Waals surface area (Å²) in [4.78, 5) is 17.4. The molecule has 0 bridgehead atoms. The van der Waals surface area contributed by atoms with Gasteiger partial charge in [0.2, 0.25) is 5.91 Å². The maximum atomic E-state index is 13.0. The fourth-order valence-electron chi connectivity index (χ4n) is 5.58. The highest BCUT2D eigenvalue weighted by molar-refractivity contribution is 5.78. The third kappa shape index (κ3) is 3.92. The van der Waals surface area contributed by atoms with Crippen molar-refractivity contribution in [3.63, 3.8) is 0 Å². The Morgan fingerprint density at radius 2 is 1.82 bits per heavy atom. The van der Waals surface area contributed by atoms with Gasteiger partial charge in [0.25, 0.3) is 0 Å². The van der Waals surface area contributed by atoms with Gasteiger partial charge in [-0.3, -0.25) is 9.69 Å². The molecular formula is C23H34N2O3. The van der Waals surface area contributed by atoms with E-state index in [-0.39, 0.29) is 17.9 Å². The van der Waals surface area contributed by atoms with E-state index in [0.29, 0.717) is 6.54 Å². The lowest BCUT2D eigenvalue weighted by atomic mass is 9.66. The smallest absolute Gasteiger partial charge is 0.236 e. The number of fused-ring (bicyclic) bond motifs is 1. The number of hydrogen-bond acceptors (Lipinski definition) is 4. The fraction of sp³-hybridized carbons (Fsp3) is 0.696. The third-order valence-electron chi connectivity index (χ3n) is 7.18. The van der Waals surface area contributed by atoms with Crippen LogP contribution in [0.5, 0.6) is 5.75 Å². The summed E-state index contributed by atoms with van der Waals surface area (Å²) in [6.07, 6.45) is 8.43. The first-order valence-electron chi connectivity index (χ1n) is 11.0. The zero-order chi connectivity index (χ0) is 19.6. The number of methoxy groups -OCH3 is 1. The van der Waals surface area contributed by atoms with Crippen LogP contribution < -0.4 is 4.74 Å². The lowest BCUT2D eigenvalue weighted by Crippen LogP contribution is -2.56. The number of rotatable bonds is 4. The molecular weight excluding hydrogens is 352 g/mol. The van der Waals surface area contributed by atoms with Crippen molar-refractivity contribution in [2.75, 3.05) is 33.3 Å². The summed E-state index contributed by atoms with van der Waals surface area (Å²) in [5.41, 5.74) is 0.602. The Kier molecular flexibility index (Phi) is 5.93. The average molecular weight is 387 g/mol. The summed E-state index contributed by atoms with van der Waals surface area (Å²) in [6.45, 7) is 3.03. The molecule has 3 fully saturated rings. The summed E-state index contributed by atoms with van der Waals surface area (Å²) in [7, 11) is 1.68. The molecule has 1 aromatic rings. The van der Waals surface area contributed by atoms with Crippen molar-refractivity contribution in [3.8, 4) is 5.75 Å². The Labute approximate surface area is 168 Å². The summed E-state index contributed by atoms with van der Waals surface area (Å²) in [5, 5.41) is 11.4. The zero-order valence-electron chi connectivity index (χ0n) is 17.1. The van der Waals surface area contributed by atoms with E-state index in [9.17, 15) is 9.90 Å². The van der Waals surface area contributed by atoms with E-state index in [1.165, 1.54) is 12.0 Å². The summed E-state index contributed by atoms with van der Waals surface area (Å²) < 4.78 is 5.33. The van der Waals surface area contributed by atoms with E-state index in [4.69, 9.17) is 4.74 Å². The van der Waals surface area contributed by atoms with Crippen molar-refractivity contribution in [1.82, 2.24) is 9.80 Å². The molecule has 1 aliphatic carbocycles. The van der Waals surface area contributed by atoms with Gasteiger partial charge in [-0.1, -0.05) is 25.0 Å². The van der Waals surface area contributed by atoms with Crippen molar-refractivity contribution in [3.05, 3.63) is 29.8 Å². The Morgan fingerprint density at radius 3 is 2.54 bits per heavy atom. The predicted octanol–water partition coefficient (Wildman–Crippen LogP) is 3.38. The molecule has 2 saturated heterocycles. The minimum absolute atomic E-state index is 0.0960. The molecule has 5 heteroatoms. The SMILES string of the molecule is COc1ccc([C@H]2[C@H]3CCCC[C@@]3(O)CCN2CC(=O)N2CCCCC2)cc1. The van der Waals surface area contributed by atoms with Crippen LogP contribution in [-0.4, -0.2) is 59.7 Å². The molecule has 2 aliphatic heterocycles. The average Bonchev–Trinajstić information content (AvgIpc) is 2.74. The molecule has 1 N–H and O–H groups in total. The number of ether oxygens (including phenoxy) is 1. The standard InChI is InChI=1S/C23H34N2O3/c1-28-19-10-8-18(9-11-19)22-20-7-3-4-12-23(20,27)13-16-25(22)17-21(26)24-14-5-2-6-15-24/h8-11,20,22,27H,2-7,12-17H2,1H3/t20-,22+,23-/m1/s1. The number of carbonyl (C=O) groups excluding carboxylic acids is 1. The van der Waals surface area contributed by atoms with E-state index in [1.54, 1.807) is 7.11 Å². The second-order valence-electron chi connectivity index (χ2n) is 8.84. The predicted molar refractivity (Wildman–Crippen MR) is 109 cm³/mol. The van der Waals surface area contributed by atoms with Crippen molar-refractivity contribution in [2.45, 2.75) is 63.0 Å². The monoisotopic (exact) mass is 386 g/mol. The number of nitrogens with zero attached hydrogens (tertiary/aromatic N) is 2. The molecule has 4 rings (SSSR count). The molecule has 1 aromatic carbocycles. The molecule has 3 atom stereocenters. The van der Waals surface area contributed by atoms with E-state index < -0.39 is 5.60 Å². The minimum atomic E-state index is -0.590. The number of piperidine rings is 2. The van der Waals surface area contributed by atoms with Crippen LogP contribution in [0.15, 0.2) is 24.3 Å². The molecule has 0 unspecified atom stereocenters. The molecule has 0 radical (unpaired) electrons. The quantitative estimate of drug-likeness (QED) is 0.862. The highest BCUT2D eigenvalue weighted by Crippen LogP contribution is 2.49. The molecule has 0 aromatic heterocycles. The summed E-state index contributed by atoms with van der Waals surface area (Å²) in [5.74, 6) is 1.28. The van der Waals surface area contributed by atoms with Crippen LogP contribution in [0.3, 0.4) is 0 Å². The summed E-state index contributed by atoms with van der Waals surface area (Å²) in [6, 6.07) is 8.32. The lowest BCUT2D eigenvalue weighted by Gasteiger charge is -2.52. The van der Waals surface area contributed by atoms with Gasteiger partial charge in [-0.15, -0.1) is 0 Å².